The molecule has 1 N–H and O–H groups in total. The molecule has 0 unspecified atom stereocenters. The standard InChI is InChI=1S/C23H22ClN3O7S2/c1-3-34-21(28)10-17-12-35-23(25-17)26-22(29)14-4-5-15-11-33-13-27(18(15)8-14)36(30,31)20-9-16(24)6-7-19(20)32-2/h4-9,12H,3,10-11,13H2,1-2H3,(H,25,26,29). The Hall–Kier alpha value is -3.19. The van der Waals surface area contributed by atoms with Crippen LogP contribution in [0.1, 0.15) is 28.5 Å². The fourth-order valence-electron chi connectivity index (χ4n) is 3.51. The molecule has 4 rings (SSSR count). The summed E-state index contributed by atoms with van der Waals surface area (Å²) >= 11 is 7.22. The molecule has 1 amide bonds. The van der Waals surface area contributed by atoms with Crippen molar-refractivity contribution in [2.45, 2.75) is 24.8 Å². The molecule has 0 saturated heterocycles. The first-order valence-electron chi connectivity index (χ1n) is 10.7. The van der Waals surface area contributed by atoms with Crippen LogP contribution in [0.5, 0.6) is 5.75 Å². The lowest BCUT2D eigenvalue weighted by molar-refractivity contribution is -0.142. The molecule has 13 heteroatoms. The number of aromatic nitrogens is 1. The van der Waals surface area contributed by atoms with E-state index in [1.165, 1.54) is 42.7 Å². The topological polar surface area (TPSA) is 124 Å². The number of nitrogens with zero attached hydrogens (tertiary/aromatic N) is 2. The van der Waals surface area contributed by atoms with Crippen molar-refractivity contribution in [3.8, 4) is 5.75 Å². The Morgan fingerprint density at radius 1 is 1.25 bits per heavy atom. The van der Waals surface area contributed by atoms with Crippen molar-refractivity contribution in [3.05, 3.63) is 63.6 Å². The summed E-state index contributed by atoms with van der Waals surface area (Å²) in [6, 6.07) is 8.98. The van der Waals surface area contributed by atoms with Gasteiger partial charge < -0.3 is 14.2 Å². The number of amides is 1. The summed E-state index contributed by atoms with van der Waals surface area (Å²) in [7, 11) is -2.78. The molecule has 1 aliphatic heterocycles. The molecule has 0 saturated carbocycles. The van der Waals surface area contributed by atoms with Crippen LogP contribution in [0.4, 0.5) is 10.8 Å². The summed E-state index contributed by atoms with van der Waals surface area (Å²) in [5.74, 6) is -0.767. The van der Waals surface area contributed by atoms with Crippen molar-refractivity contribution >= 4 is 55.7 Å². The van der Waals surface area contributed by atoms with Crippen LogP contribution >= 0.6 is 22.9 Å². The number of sulfonamides is 1. The number of thiazole rings is 1. The highest BCUT2D eigenvalue weighted by Crippen LogP contribution is 2.36. The maximum Gasteiger partial charge on any atom is 0.311 e. The lowest BCUT2D eigenvalue weighted by Crippen LogP contribution is -2.37. The minimum Gasteiger partial charge on any atom is -0.495 e. The van der Waals surface area contributed by atoms with Crippen molar-refractivity contribution < 1.29 is 32.2 Å². The number of rotatable bonds is 8. The monoisotopic (exact) mass is 551 g/mol. The number of ether oxygens (including phenoxy) is 3. The third kappa shape index (κ3) is 5.46. The maximum atomic E-state index is 13.6. The van der Waals surface area contributed by atoms with Gasteiger partial charge in [0.2, 0.25) is 0 Å². The number of benzene rings is 2. The van der Waals surface area contributed by atoms with E-state index in [-0.39, 0.29) is 47.6 Å². The highest BCUT2D eigenvalue weighted by Gasteiger charge is 2.33. The number of methoxy groups -OCH3 is 1. The van der Waals surface area contributed by atoms with Crippen LogP contribution in [-0.2, 0) is 37.3 Å². The van der Waals surface area contributed by atoms with E-state index in [1.54, 1.807) is 24.4 Å². The van der Waals surface area contributed by atoms with Crippen molar-refractivity contribution in [3.63, 3.8) is 0 Å². The average molecular weight is 552 g/mol. The fourth-order valence-corrected chi connectivity index (χ4v) is 6.02. The maximum absolute atomic E-state index is 13.6. The highest BCUT2D eigenvalue weighted by atomic mass is 35.5. The summed E-state index contributed by atoms with van der Waals surface area (Å²) in [5.41, 5.74) is 1.59. The molecule has 190 valence electrons. The summed E-state index contributed by atoms with van der Waals surface area (Å²) in [6.45, 7) is 1.92. The van der Waals surface area contributed by atoms with E-state index in [1.807, 2.05) is 0 Å². The van der Waals surface area contributed by atoms with Gasteiger partial charge in [0.05, 0.1) is 38.1 Å². The molecule has 2 heterocycles. The van der Waals surface area contributed by atoms with Crippen molar-refractivity contribution in [2.75, 3.05) is 30.1 Å². The number of halogens is 1. The second-order valence-corrected chi connectivity index (χ2v) is 10.7. The lowest BCUT2D eigenvalue weighted by atomic mass is 10.1. The number of esters is 1. The molecule has 0 bridgehead atoms. The average Bonchev–Trinajstić information content (AvgIpc) is 3.29. The van der Waals surface area contributed by atoms with Crippen molar-refractivity contribution in [1.29, 1.82) is 0 Å². The zero-order valence-electron chi connectivity index (χ0n) is 19.3. The number of carbonyl (C=O) groups excluding carboxylic acids is 2. The second-order valence-electron chi connectivity index (χ2n) is 7.55. The molecule has 3 aromatic rings. The summed E-state index contributed by atoms with van der Waals surface area (Å²) < 4.78 is 43.8. The Bertz CT molecular complexity index is 1410. The SMILES string of the molecule is CCOC(=O)Cc1csc(NC(=O)c2ccc3c(c2)N(S(=O)(=O)c2cc(Cl)ccc2OC)COC3)n1. The van der Waals surface area contributed by atoms with Gasteiger partial charge in [0.15, 0.2) is 5.13 Å². The molecule has 1 aromatic heterocycles. The molecule has 0 atom stereocenters. The Balaban J connectivity index is 1.60. The van der Waals surface area contributed by atoms with Gasteiger partial charge in [-0.15, -0.1) is 11.3 Å². The van der Waals surface area contributed by atoms with E-state index in [4.69, 9.17) is 25.8 Å². The molecular weight excluding hydrogens is 530 g/mol. The lowest BCUT2D eigenvalue weighted by Gasteiger charge is -2.31. The van der Waals surface area contributed by atoms with E-state index in [9.17, 15) is 18.0 Å². The van der Waals surface area contributed by atoms with Crippen LogP contribution in [0.2, 0.25) is 5.02 Å². The van der Waals surface area contributed by atoms with E-state index in [0.29, 0.717) is 22.1 Å². The first-order valence-corrected chi connectivity index (χ1v) is 13.4. The van der Waals surface area contributed by atoms with E-state index in [2.05, 4.69) is 10.3 Å². The minimum absolute atomic E-state index is 0.00115. The van der Waals surface area contributed by atoms with Crippen LogP contribution in [0.15, 0.2) is 46.7 Å². The molecule has 36 heavy (non-hydrogen) atoms. The summed E-state index contributed by atoms with van der Waals surface area (Å²) in [6.07, 6.45) is -0.00115. The number of fused-ring (bicyclic) bond motifs is 1. The second kappa shape index (κ2) is 10.8. The number of carbonyl (C=O) groups is 2. The van der Waals surface area contributed by atoms with E-state index >= 15 is 0 Å². The predicted molar refractivity (Wildman–Crippen MR) is 134 cm³/mol. The summed E-state index contributed by atoms with van der Waals surface area (Å²) in [5, 5.41) is 4.87. The Kier molecular flexibility index (Phi) is 7.79. The van der Waals surface area contributed by atoms with Crippen LogP contribution in [-0.4, -0.2) is 45.7 Å². The number of nitrogens with one attached hydrogen (secondary N) is 1. The molecule has 0 spiro atoms. The van der Waals surface area contributed by atoms with Crippen molar-refractivity contribution in [2.24, 2.45) is 0 Å². The summed E-state index contributed by atoms with van der Waals surface area (Å²) in [4.78, 5) is 28.7. The number of anilines is 2. The molecule has 0 aliphatic carbocycles. The van der Waals surface area contributed by atoms with Gasteiger partial charge >= 0.3 is 5.97 Å². The molecule has 10 nitrogen and oxygen atoms in total. The molecule has 2 aromatic carbocycles. The highest BCUT2D eigenvalue weighted by molar-refractivity contribution is 7.93. The van der Waals surface area contributed by atoms with E-state index in [0.717, 1.165) is 4.31 Å². The van der Waals surface area contributed by atoms with Crippen LogP contribution < -0.4 is 14.4 Å². The van der Waals surface area contributed by atoms with Gasteiger partial charge in [-0.1, -0.05) is 17.7 Å². The largest absolute Gasteiger partial charge is 0.495 e. The minimum atomic E-state index is -4.14. The molecule has 1 aliphatic rings. The zero-order chi connectivity index (χ0) is 25.9. The Morgan fingerprint density at radius 3 is 2.81 bits per heavy atom. The fraction of sp³-hybridized carbons (Fsp3) is 0.261. The number of hydrogen-bond donors (Lipinski definition) is 1. The number of hydrogen-bond acceptors (Lipinski definition) is 9. The third-order valence-corrected chi connectivity index (χ3v) is 7.98. The van der Waals surface area contributed by atoms with Crippen LogP contribution in [0.3, 0.4) is 0 Å². The van der Waals surface area contributed by atoms with Gasteiger partial charge in [-0.3, -0.25) is 14.9 Å². The van der Waals surface area contributed by atoms with Gasteiger partial charge in [-0.05, 0) is 37.3 Å². The normalized spacial score (nSPS) is 13.1. The zero-order valence-corrected chi connectivity index (χ0v) is 21.7. The first-order chi connectivity index (χ1) is 17.2. The Morgan fingerprint density at radius 2 is 2.06 bits per heavy atom. The van der Waals surface area contributed by atoms with Gasteiger partial charge in [-0.2, -0.15) is 0 Å². The third-order valence-electron chi connectivity index (χ3n) is 5.18. The quantitative estimate of drug-likeness (QED) is 0.419. The molecule has 0 radical (unpaired) electrons. The van der Waals surface area contributed by atoms with Crippen LogP contribution in [0.25, 0.3) is 0 Å². The first kappa shape index (κ1) is 25.9. The van der Waals surface area contributed by atoms with Gasteiger partial charge in [0.1, 0.15) is 17.4 Å². The predicted octanol–water partition coefficient (Wildman–Crippen LogP) is 3.85. The van der Waals surface area contributed by atoms with Gasteiger partial charge in [0, 0.05) is 21.5 Å². The van der Waals surface area contributed by atoms with Gasteiger partial charge in [-0.25, -0.2) is 17.7 Å². The molecule has 0 fully saturated rings. The van der Waals surface area contributed by atoms with Crippen LogP contribution in [0, 0.1) is 0 Å². The van der Waals surface area contributed by atoms with E-state index < -0.39 is 21.9 Å². The Labute approximate surface area is 216 Å². The van der Waals surface area contributed by atoms with Gasteiger partial charge in [0.25, 0.3) is 15.9 Å². The van der Waals surface area contributed by atoms with Crippen molar-refractivity contribution in [1.82, 2.24) is 4.98 Å². The smallest absolute Gasteiger partial charge is 0.311 e. The molecular formula is C23H22ClN3O7S2.